The molecule has 1 aromatic heterocycles. The van der Waals surface area contributed by atoms with E-state index in [1.54, 1.807) is 6.20 Å². The summed E-state index contributed by atoms with van der Waals surface area (Å²) in [5.41, 5.74) is 4.93. The first-order valence-corrected chi connectivity index (χ1v) is 11.4. The van der Waals surface area contributed by atoms with Crippen molar-refractivity contribution in [2.24, 2.45) is 5.92 Å². The number of hydrogen-bond acceptors (Lipinski definition) is 3. The van der Waals surface area contributed by atoms with Crippen LogP contribution in [0.4, 0.5) is 0 Å². The fraction of sp³-hybridized carbons (Fsp3) is 0.310. The van der Waals surface area contributed by atoms with Crippen LogP contribution in [0.2, 0.25) is 0 Å². The van der Waals surface area contributed by atoms with E-state index in [4.69, 9.17) is 4.74 Å². The van der Waals surface area contributed by atoms with Crippen molar-refractivity contribution in [3.63, 3.8) is 0 Å². The molecule has 0 aliphatic heterocycles. The Morgan fingerprint density at radius 1 is 0.875 bits per heavy atom. The van der Waals surface area contributed by atoms with Gasteiger partial charge in [0.2, 0.25) is 0 Å². The van der Waals surface area contributed by atoms with Crippen molar-refractivity contribution in [1.29, 1.82) is 0 Å². The third-order valence-electron chi connectivity index (χ3n) is 5.38. The SMILES string of the molecule is CCC=C(c1ccccc1)c1ccccc1.CCOC(=O)CC(C)C(C)c1ccccn1. The summed E-state index contributed by atoms with van der Waals surface area (Å²) in [6, 6.07) is 26.9. The lowest BCUT2D eigenvalue weighted by Gasteiger charge is -2.18. The van der Waals surface area contributed by atoms with Crippen LogP contribution in [0, 0.1) is 5.92 Å². The lowest BCUT2D eigenvalue weighted by atomic mass is 9.90. The quantitative estimate of drug-likeness (QED) is 0.353. The van der Waals surface area contributed by atoms with Crippen LogP contribution < -0.4 is 0 Å². The van der Waals surface area contributed by atoms with Gasteiger partial charge in [-0.05, 0) is 48.1 Å². The first-order valence-electron chi connectivity index (χ1n) is 11.4. The predicted octanol–water partition coefficient (Wildman–Crippen LogP) is 7.30. The zero-order valence-electron chi connectivity index (χ0n) is 19.7. The molecule has 3 rings (SSSR count). The smallest absolute Gasteiger partial charge is 0.306 e. The minimum Gasteiger partial charge on any atom is -0.466 e. The van der Waals surface area contributed by atoms with E-state index >= 15 is 0 Å². The zero-order chi connectivity index (χ0) is 23.2. The van der Waals surface area contributed by atoms with Gasteiger partial charge in [-0.25, -0.2) is 0 Å². The second-order valence-corrected chi connectivity index (χ2v) is 7.79. The van der Waals surface area contributed by atoms with Gasteiger partial charge in [0.1, 0.15) is 0 Å². The van der Waals surface area contributed by atoms with E-state index in [9.17, 15) is 4.79 Å². The maximum absolute atomic E-state index is 11.3. The summed E-state index contributed by atoms with van der Waals surface area (Å²) >= 11 is 0. The van der Waals surface area contributed by atoms with Crippen molar-refractivity contribution < 1.29 is 9.53 Å². The Morgan fingerprint density at radius 2 is 1.44 bits per heavy atom. The van der Waals surface area contributed by atoms with E-state index in [-0.39, 0.29) is 17.8 Å². The monoisotopic (exact) mass is 429 g/mol. The lowest BCUT2D eigenvalue weighted by Crippen LogP contribution is -2.14. The van der Waals surface area contributed by atoms with Crippen molar-refractivity contribution in [1.82, 2.24) is 4.98 Å². The number of pyridine rings is 1. The van der Waals surface area contributed by atoms with Crippen LogP contribution in [0.1, 0.15) is 63.3 Å². The number of benzene rings is 2. The predicted molar refractivity (Wildman–Crippen MR) is 133 cm³/mol. The van der Waals surface area contributed by atoms with E-state index in [1.807, 2.05) is 25.1 Å². The number of ether oxygens (including phenoxy) is 1. The molecule has 168 valence electrons. The van der Waals surface area contributed by atoms with E-state index in [0.29, 0.717) is 13.0 Å². The van der Waals surface area contributed by atoms with Gasteiger partial charge in [-0.15, -0.1) is 0 Å². The van der Waals surface area contributed by atoms with Crippen LogP contribution in [-0.2, 0) is 9.53 Å². The second-order valence-electron chi connectivity index (χ2n) is 7.79. The maximum atomic E-state index is 11.3. The standard InChI is InChI=1S/C16H16.C13H19NO2/c1-2-9-16(14-10-5-3-6-11-14)15-12-7-4-8-13-15;1-4-16-13(15)9-10(2)11(3)12-7-5-6-8-14-12/h3-13H,2H2,1H3;5-8,10-11H,4,9H2,1-3H3. The molecule has 0 saturated heterocycles. The average molecular weight is 430 g/mol. The molecule has 0 aliphatic rings. The molecule has 0 saturated carbocycles. The molecule has 1 heterocycles. The molecule has 0 fully saturated rings. The molecular formula is C29H35NO2. The Balaban J connectivity index is 0.000000227. The van der Waals surface area contributed by atoms with Crippen molar-refractivity contribution in [2.75, 3.05) is 6.61 Å². The van der Waals surface area contributed by atoms with E-state index in [0.717, 1.165) is 12.1 Å². The van der Waals surface area contributed by atoms with Gasteiger partial charge in [0.15, 0.2) is 0 Å². The van der Waals surface area contributed by atoms with E-state index < -0.39 is 0 Å². The molecule has 2 aromatic carbocycles. The Hall–Kier alpha value is -3.20. The minimum absolute atomic E-state index is 0.127. The van der Waals surface area contributed by atoms with Gasteiger partial charge >= 0.3 is 5.97 Å². The maximum Gasteiger partial charge on any atom is 0.306 e. The molecule has 0 spiro atoms. The van der Waals surface area contributed by atoms with Crippen LogP contribution in [0.5, 0.6) is 0 Å². The molecule has 2 unspecified atom stereocenters. The average Bonchev–Trinajstić information content (AvgIpc) is 2.84. The van der Waals surface area contributed by atoms with E-state index in [1.165, 1.54) is 16.7 Å². The topological polar surface area (TPSA) is 39.2 Å². The number of esters is 1. The van der Waals surface area contributed by atoms with Crippen molar-refractivity contribution in [2.45, 2.75) is 46.5 Å². The number of aromatic nitrogens is 1. The van der Waals surface area contributed by atoms with E-state index in [2.05, 4.69) is 92.5 Å². The molecular weight excluding hydrogens is 394 g/mol. The minimum atomic E-state index is -0.127. The van der Waals surface area contributed by atoms with Crippen LogP contribution in [0.25, 0.3) is 5.57 Å². The molecule has 0 radical (unpaired) electrons. The second kappa shape index (κ2) is 14.0. The number of carbonyl (C=O) groups excluding carboxylic acids is 1. The summed E-state index contributed by atoms with van der Waals surface area (Å²) in [4.78, 5) is 15.6. The molecule has 0 bridgehead atoms. The third kappa shape index (κ3) is 8.14. The Labute approximate surface area is 193 Å². The van der Waals surface area contributed by atoms with Crippen LogP contribution >= 0.6 is 0 Å². The molecule has 3 nitrogen and oxygen atoms in total. The normalized spacial score (nSPS) is 12.0. The summed E-state index contributed by atoms with van der Waals surface area (Å²) < 4.78 is 4.94. The van der Waals surface area contributed by atoms with Gasteiger partial charge in [0, 0.05) is 24.2 Å². The van der Waals surface area contributed by atoms with Gasteiger partial charge in [-0.1, -0.05) is 93.6 Å². The largest absolute Gasteiger partial charge is 0.466 e. The summed E-state index contributed by atoms with van der Waals surface area (Å²) in [7, 11) is 0. The highest BCUT2D eigenvalue weighted by atomic mass is 16.5. The Bertz CT molecular complexity index is 895. The number of nitrogens with zero attached hydrogens (tertiary/aromatic N) is 1. The summed E-state index contributed by atoms with van der Waals surface area (Å²) in [5.74, 6) is 0.386. The lowest BCUT2D eigenvalue weighted by molar-refractivity contribution is -0.144. The summed E-state index contributed by atoms with van der Waals surface area (Å²) in [6.45, 7) is 8.59. The number of carbonyl (C=O) groups is 1. The highest BCUT2D eigenvalue weighted by molar-refractivity contribution is 5.79. The molecule has 0 amide bonds. The van der Waals surface area contributed by atoms with Crippen LogP contribution in [-0.4, -0.2) is 17.6 Å². The van der Waals surface area contributed by atoms with Crippen molar-refractivity contribution >= 4 is 11.5 Å². The first kappa shape index (κ1) is 25.1. The number of hydrogen-bond donors (Lipinski definition) is 0. The van der Waals surface area contributed by atoms with Gasteiger partial charge < -0.3 is 4.74 Å². The molecule has 0 aliphatic carbocycles. The molecule has 0 N–H and O–H groups in total. The molecule has 3 heteroatoms. The first-order chi connectivity index (χ1) is 15.6. The van der Waals surface area contributed by atoms with Crippen molar-refractivity contribution in [3.8, 4) is 0 Å². The van der Waals surface area contributed by atoms with Gasteiger partial charge in [-0.2, -0.15) is 0 Å². The van der Waals surface area contributed by atoms with Crippen molar-refractivity contribution in [3.05, 3.63) is 108 Å². The molecule has 32 heavy (non-hydrogen) atoms. The Kier molecular flexibility index (Phi) is 10.9. The zero-order valence-corrected chi connectivity index (χ0v) is 19.7. The van der Waals surface area contributed by atoms with Crippen LogP contribution in [0.15, 0.2) is 91.1 Å². The highest BCUT2D eigenvalue weighted by Gasteiger charge is 2.19. The third-order valence-corrected chi connectivity index (χ3v) is 5.38. The fourth-order valence-corrected chi connectivity index (χ4v) is 3.44. The van der Waals surface area contributed by atoms with Gasteiger partial charge in [-0.3, -0.25) is 9.78 Å². The van der Waals surface area contributed by atoms with Crippen LogP contribution in [0.3, 0.4) is 0 Å². The molecule has 2 atom stereocenters. The summed E-state index contributed by atoms with van der Waals surface area (Å²) in [5, 5.41) is 0. The van der Waals surface area contributed by atoms with Gasteiger partial charge in [0.05, 0.1) is 6.61 Å². The highest BCUT2D eigenvalue weighted by Crippen LogP contribution is 2.25. The number of rotatable bonds is 8. The Morgan fingerprint density at radius 3 is 1.91 bits per heavy atom. The fourth-order valence-electron chi connectivity index (χ4n) is 3.44. The van der Waals surface area contributed by atoms with Gasteiger partial charge in [0.25, 0.3) is 0 Å². The summed E-state index contributed by atoms with van der Waals surface area (Å²) in [6.07, 6.45) is 5.57. The number of allylic oxidation sites excluding steroid dienone is 1. The molecule has 3 aromatic rings.